The third-order valence-corrected chi connectivity index (χ3v) is 4.48. The third kappa shape index (κ3) is 3.51. The number of rotatable bonds is 1. The first-order chi connectivity index (χ1) is 12.2. The molecule has 0 radical (unpaired) electrons. The van der Waals surface area contributed by atoms with Crippen LogP contribution in [0.4, 0.5) is 4.79 Å². The van der Waals surface area contributed by atoms with Crippen LogP contribution in [0.25, 0.3) is 0 Å². The molecule has 142 valence electrons. The number of carbonyl (C=O) groups is 3. The maximum atomic E-state index is 12.8. The lowest BCUT2D eigenvalue weighted by molar-refractivity contribution is 0.0140. The smallest absolute Gasteiger partial charge is 0.410 e. The molecule has 3 heterocycles. The SMILES string of the molecule is CN1CCn2cnc(C(=O)N3CCN(C(=O)OC(C)(C)C)CC3)c2C1=O. The van der Waals surface area contributed by atoms with E-state index in [4.69, 9.17) is 4.74 Å². The third-order valence-electron chi connectivity index (χ3n) is 4.48. The van der Waals surface area contributed by atoms with Crippen LogP contribution >= 0.6 is 0 Å². The van der Waals surface area contributed by atoms with E-state index in [2.05, 4.69) is 4.98 Å². The van der Waals surface area contributed by atoms with Gasteiger partial charge in [-0.15, -0.1) is 0 Å². The molecule has 0 saturated carbocycles. The van der Waals surface area contributed by atoms with Crippen LogP contribution in [0.1, 0.15) is 41.7 Å². The first kappa shape index (κ1) is 18.2. The van der Waals surface area contributed by atoms with Gasteiger partial charge in [-0.25, -0.2) is 9.78 Å². The zero-order valence-electron chi connectivity index (χ0n) is 15.7. The predicted molar refractivity (Wildman–Crippen MR) is 92.9 cm³/mol. The van der Waals surface area contributed by atoms with Crippen LogP contribution in [-0.4, -0.2) is 87.5 Å². The number of hydrogen-bond donors (Lipinski definition) is 0. The normalized spacial score (nSPS) is 18.0. The zero-order valence-corrected chi connectivity index (χ0v) is 15.7. The Bertz CT molecular complexity index is 728. The summed E-state index contributed by atoms with van der Waals surface area (Å²) < 4.78 is 7.09. The van der Waals surface area contributed by atoms with Crippen LogP contribution < -0.4 is 0 Å². The minimum absolute atomic E-state index is 0.187. The Labute approximate surface area is 152 Å². The lowest BCUT2D eigenvalue weighted by atomic mass is 10.2. The van der Waals surface area contributed by atoms with Gasteiger partial charge in [-0.05, 0) is 20.8 Å². The molecule has 0 unspecified atom stereocenters. The van der Waals surface area contributed by atoms with Gasteiger partial charge in [-0.2, -0.15) is 0 Å². The van der Waals surface area contributed by atoms with Gasteiger partial charge in [0.15, 0.2) is 5.69 Å². The molecule has 3 rings (SSSR count). The van der Waals surface area contributed by atoms with Gasteiger partial charge in [0.1, 0.15) is 11.3 Å². The molecule has 1 fully saturated rings. The Kier molecular flexibility index (Phi) is 4.64. The van der Waals surface area contributed by atoms with Gasteiger partial charge >= 0.3 is 6.09 Å². The van der Waals surface area contributed by atoms with E-state index in [1.54, 1.807) is 32.6 Å². The second-order valence-electron chi connectivity index (χ2n) is 7.62. The molecule has 1 aromatic rings. The Morgan fingerprint density at radius 1 is 1.04 bits per heavy atom. The Balaban J connectivity index is 1.66. The highest BCUT2D eigenvalue weighted by molar-refractivity contribution is 6.05. The van der Waals surface area contributed by atoms with E-state index in [9.17, 15) is 14.4 Å². The van der Waals surface area contributed by atoms with Crippen LogP contribution in [0, 0.1) is 0 Å². The number of hydrogen-bond acceptors (Lipinski definition) is 5. The Hall–Kier alpha value is -2.58. The molecular formula is C17H25N5O4. The molecule has 2 aliphatic rings. The highest BCUT2D eigenvalue weighted by Crippen LogP contribution is 2.18. The molecule has 9 nitrogen and oxygen atoms in total. The number of imidazole rings is 1. The minimum Gasteiger partial charge on any atom is -0.444 e. The Morgan fingerprint density at radius 2 is 1.65 bits per heavy atom. The summed E-state index contributed by atoms with van der Waals surface area (Å²) in [6, 6.07) is 0. The fourth-order valence-electron chi connectivity index (χ4n) is 3.04. The van der Waals surface area contributed by atoms with E-state index in [0.717, 1.165) is 0 Å². The zero-order chi connectivity index (χ0) is 19.1. The van der Waals surface area contributed by atoms with Crippen LogP contribution in [0.15, 0.2) is 6.33 Å². The number of fused-ring (bicyclic) bond motifs is 1. The number of ether oxygens (including phenoxy) is 1. The highest BCUT2D eigenvalue weighted by Gasteiger charge is 2.33. The first-order valence-electron chi connectivity index (χ1n) is 8.75. The maximum absolute atomic E-state index is 12.8. The monoisotopic (exact) mass is 363 g/mol. The number of amides is 3. The van der Waals surface area contributed by atoms with Crippen LogP contribution in [0.5, 0.6) is 0 Å². The van der Waals surface area contributed by atoms with Crippen molar-refractivity contribution in [3.05, 3.63) is 17.7 Å². The maximum Gasteiger partial charge on any atom is 0.410 e. The van der Waals surface area contributed by atoms with Crippen molar-refractivity contribution in [1.29, 1.82) is 0 Å². The van der Waals surface area contributed by atoms with Crippen LogP contribution in [0.2, 0.25) is 0 Å². The molecule has 0 bridgehead atoms. The lowest BCUT2D eigenvalue weighted by Crippen LogP contribution is -2.52. The number of carbonyl (C=O) groups excluding carboxylic acids is 3. The molecule has 0 N–H and O–H groups in total. The largest absolute Gasteiger partial charge is 0.444 e. The highest BCUT2D eigenvalue weighted by atomic mass is 16.6. The van der Waals surface area contributed by atoms with Crippen molar-refractivity contribution in [3.8, 4) is 0 Å². The fourth-order valence-corrected chi connectivity index (χ4v) is 3.04. The molecule has 2 aliphatic heterocycles. The molecule has 1 aromatic heterocycles. The van der Waals surface area contributed by atoms with Gasteiger partial charge in [0.05, 0.1) is 6.33 Å². The van der Waals surface area contributed by atoms with E-state index in [0.29, 0.717) is 45.0 Å². The fraction of sp³-hybridized carbons (Fsp3) is 0.647. The average molecular weight is 363 g/mol. The van der Waals surface area contributed by atoms with E-state index in [1.807, 2.05) is 20.8 Å². The van der Waals surface area contributed by atoms with E-state index >= 15 is 0 Å². The van der Waals surface area contributed by atoms with Crippen molar-refractivity contribution in [3.63, 3.8) is 0 Å². The molecule has 26 heavy (non-hydrogen) atoms. The van der Waals surface area contributed by atoms with Gasteiger partial charge in [-0.3, -0.25) is 9.59 Å². The predicted octanol–water partition coefficient (Wildman–Crippen LogP) is 0.662. The van der Waals surface area contributed by atoms with E-state index in [1.165, 1.54) is 0 Å². The topological polar surface area (TPSA) is 88.0 Å². The van der Waals surface area contributed by atoms with Gasteiger partial charge in [0, 0.05) is 46.3 Å². The second kappa shape index (κ2) is 6.62. The summed E-state index contributed by atoms with van der Waals surface area (Å²) in [5.41, 5.74) is -0.0167. The summed E-state index contributed by atoms with van der Waals surface area (Å²) in [6.07, 6.45) is 1.17. The molecule has 0 aliphatic carbocycles. The van der Waals surface area contributed by atoms with Crippen LogP contribution in [0.3, 0.4) is 0 Å². The Morgan fingerprint density at radius 3 is 2.27 bits per heavy atom. The summed E-state index contributed by atoms with van der Waals surface area (Å²) in [5, 5.41) is 0. The second-order valence-corrected chi connectivity index (χ2v) is 7.62. The average Bonchev–Trinajstić information content (AvgIpc) is 3.01. The number of aromatic nitrogens is 2. The standard InChI is InChI=1S/C17H25N5O4/c1-17(2,3)26-16(25)21-9-7-20(8-10-21)14(23)12-13-15(24)19(4)5-6-22(13)11-18-12/h11H,5-10H2,1-4H3. The quantitative estimate of drug-likeness (QED) is 0.731. The van der Waals surface area contributed by atoms with Gasteiger partial charge in [0.2, 0.25) is 0 Å². The molecule has 0 atom stereocenters. The number of nitrogens with zero attached hydrogens (tertiary/aromatic N) is 5. The summed E-state index contributed by atoms with van der Waals surface area (Å²) in [7, 11) is 1.71. The van der Waals surface area contributed by atoms with E-state index in [-0.39, 0.29) is 23.6 Å². The molecule has 9 heteroatoms. The lowest BCUT2D eigenvalue weighted by Gasteiger charge is -2.35. The summed E-state index contributed by atoms with van der Waals surface area (Å²) in [5.74, 6) is -0.462. The van der Waals surface area contributed by atoms with Crippen molar-refractivity contribution in [1.82, 2.24) is 24.3 Å². The van der Waals surface area contributed by atoms with Crippen LogP contribution in [-0.2, 0) is 11.3 Å². The molecule has 1 saturated heterocycles. The number of piperazine rings is 1. The summed E-state index contributed by atoms with van der Waals surface area (Å²) in [6.45, 7) is 8.24. The molecule has 0 spiro atoms. The summed E-state index contributed by atoms with van der Waals surface area (Å²) in [4.78, 5) is 46.3. The van der Waals surface area contributed by atoms with Crippen molar-refractivity contribution >= 4 is 17.9 Å². The van der Waals surface area contributed by atoms with Crippen molar-refractivity contribution < 1.29 is 19.1 Å². The van der Waals surface area contributed by atoms with Crippen molar-refractivity contribution in [2.24, 2.45) is 0 Å². The van der Waals surface area contributed by atoms with Crippen molar-refractivity contribution in [2.75, 3.05) is 39.8 Å². The molecular weight excluding hydrogens is 338 g/mol. The summed E-state index contributed by atoms with van der Waals surface area (Å²) >= 11 is 0. The molecule has 0 aromatic carbocycles. The van der Waals surface area contributed by atoms with Gasteiger partial charge < -0.3 is 24.0 Å². The first-order valence-corrected chi connectivity index (χ1v) is 8.75. The molecule has 3 amide bonds. The van der Waals surface area contributed by atoms with Crippen molar-refractivity contribution in [2.45, 2.75) is 32.9 Å². The van der Waals surface area contributed by atoms with Gasteiger partial charge in [0.25, 0.3) is 11.8 Å². The number of likely N-dealkylation sites (N-methyl/N-ethyl adjacent to an activating group) is 1. The van der Waals surface area contributed by atoms with E-state index < -0.39 is 5.60 Å². The minimum atomic E-state index is -0.550. The van der Waals surface area contributed by atoms with Gasteiger partial charge in [-0.1, -0.05) is 0 Å².